The van der Waals surface area contributed by atoms with E-state index in [1.807, 2.05) is 0 Å². The number of carboxylic acids is 1. The molecular formula is C11H19NO3. The second-order valence-corrected chi connectivity index (χ2v) is 4.62. The van der Waals surface area contributed by atoms with Gasteiger partial charge in [0.25, 0.3) is 0 Å². The van der Waals surface area contributed by atoms with Crippen molar-refractivity contribution in [3.8, 4) is 0 Å². The summed E-state index contributed by atoms with van der Waals surface area (Å²) in [6.45, 7) is 4.56. The van der Waals surface area contributed by atoms with Gasteiger partial charge in [0, 0.05) is 19.1 Å². The first-order valence-electron chi connectivity index (χ1n) is 5.77. The standard InChI is InChI=1S/C11H19NO3/c1-8-7-12(5-6-15-8)10-4-2-3-9(10)11(13)14/h8-10H,2-7H2,1H3,(H,13,14). The molecule has 0 aromatic carbocycles. The van der Waals surface area contributed by atoms with E-state index in [4.69, 9.17) is 9.84 Å². The van der Waals surface area contributed by atoms with Crippen LogP contribution in [0.15, 0.2) is 0 Å². The van der Waals surface area contributed by atoms with E-state index < -0.39 is 5.97 Å². The van der Waals surface area contributed by atoms with Gasteiger partial charge in [0.05, 0.1) is 18.6 Å². The summed E-state index contributed by atoms with van der Waals surface area (Å²) in [5.41, 5.74) is 0. The van der Waals surface area contributed by atoms with Gasteiger partial charge in [-0.3, -0.25) is 9.69 Å². The fraction of sp³-hybridized carbons (Fsp3) is 0.909. The number of carbonyl (C=O) groups is 1. The summed E-state index contributed by atoms with van der Waals surface area (Å²) < 4.78 is 5.47. The maximum Gasteiger partial charge on any atom is 0.308 e. The van der Waals surface area contributed by atoms with Crippen LogP contribution in [0.5, 0.6) is 0 Å². The third-order valence-electron chi connectivity index (χ3n) is 3.54. The van der Waals surface area contributed by atoms with E-state index in [0.29, 0.717) is 0 Å². The molecule has 3 atom stereocenters. The Morgan fingerprint density at radius 3 is 2.93 bits per heavy atom. The van der Waals surface area contributed by atoms with Gasteiger partial charge in [0.2, 0.25) is 0 Å². The van der Waals surface area contributed by atoms with Crippen molar-refractivity contribution in [2.24, 2.45) is 5.92 Å². The highest BCUT2D eigenvalue weighted by Crippen LogP contribution is 2.31. The summed E-state index contributed by atoms with van der Waals surface area (Å²) in [6, 6.07) is 0.244. The molecule has 0 aromatic heterocycles. The highest BCUT2D eigenvalue weighted by atomic mass is 16.5. The van der Waals surface area contributed by atoms with Crippen molar-refractivity contribution in [3.63, 3.8) is 0 Å². The Balaban J connectivity index is 1.99. The average molecular weight is 213 g/mol. The van der Waals surface area contributed by atoms with Crippen LogP contribution in [-0.2, 0) is 9.53 Å². The molecular weight excluding hydrogens is 194 g/mol. The molecule has 3 unspecified atom stereocenters. The first kappa shape index (κ1) is 10.9. The molecule has 0 spiro atoms. The second-order valence-electron chi connectivity index (χ2n) is 4.62. The maximum absolute atomic E-state index is 11.1. The van der Waals surface area contributed by atoms with Crippen LogP contribution in [0.3, 0.4) is 0 Å². The molecule has 15 heavy (non-hydrogen) atoms. The Labute approximate surface area is 90.2 Å². The lowest BCUT2D eigenvalue weighted by Gasteiger charge is -2.37. The zero-order valence-electron chi connectivity index (χ0n) is 9.19. The zero-order valence-corrected chi connectivity index (χ0v) is 9.19. The monoisotopic (exact) mass is 213 g/mol. The molecule has 0 amide bonds. The van der Waals surface area contributed by atoms with Gasteiger partial charge in [-0.05, 0) is 19.8 Å². The fourth-order valence-corrected chi connectivity index (χ4v) is 2.81. The van der Waals surface area contributed by atoms with E-state index in [2.05, 4.69) is 11.8 Å². The molecule has 1 N–H and O–H groups in total. The van der Waals surface area contributed by atoms with E-state index in [-0.39, 0.29) is 18.1 Å². The molecule has 0 bridgehead atoms. The number of hydrogen-bond donors (Lipinski definition) is 1. The largest absolute Gasteiger partial charge is 0.481 e. The number of nitrogens with zero attached hydrogens (tertiary/aromatic N) is 1. The van der Waals surface area contributed by atoms with Crippen molar-refractivity contribution in [1.82, 2.24) is 4.90 Å². The summed E-state index contributed by atoms with van der Waals surface area (Å²) in [5, 5.41) is 9.12. The van der Waals surface area contributed by atoms with Crippen LogP contribution in [0.4, 0.5) is 0 Å². The quantitative estimate of drug-likeness (QED) is 0.742. The Morgan fingerprint density at radius 2 is 2.27 bits per heavy atom. The molecule has 4 nitrogen and oxygen atoms in total. The summed E-state index contributed by atoms with van der Waals surface area (Å²) in [7, 11) is 0. The van der Waals surface area contributed by atoms with Gasteiger partial charge in [0.15, 0.2) is 0 Å². The van der Waals surface area contributed by atoms with Gasteiger partial charge in [-0.15, -0.1) is 0 Å². The Kier molecular flexibility index (Phi) is 3.26. The van der Waals surface area contributed by atoms with Crippen LogP contribution >= 0.6 is 0 Å². The summed E-state index contributed by atoms with van der Waals surface area (Å²) in [6.07, 6.45) is 3.16. The Morgan fingerprint density at radius 1 is 1.47 bits per heavy atom. The van der Waals surface area contributed by atoms with Crippen LogP contribution in [-0.4, -0.2) is 47.8 Å². The zero-order chi connectivity index (χ0) is 10.8. The molecule has 1 saturated heterocycles. The normalized spacial score (nSPS) is 38.1. The van der Waals surface area contributed by atoms with E-state index in [1.54, 1.807) is 0 Å². The van der Waals surface area contributed by atoms with Gasteiger partial charge >= 0.3 is 5.97 Å². The average Bonchev–Trinajstić information content (AvgIpc) is 2.65. The van der Waals surface area contributed by atoms with Gasteiger partial charge in [0.1, 0.15) is 0 Å². The van der Waals surface area contributed by atoms with Crippen molar-refractivity contribution in [2.45, 2.75) is 38.3 Å². The molecule has 1 aliphatic heterocycles. The van der Waals surface area contributed by atoms with Crippen LogP contribution in [0.2, 0.25) is 0 Å². The minimum absolute atomic E-state index is 0.157. The van der Waals surface area contributed by atoms with Crippen LogP contribution < -0.4 is 0 Å². The predicted molar refractivity (Wildman–Crippen MR) is 55.8 cm³/mol. The van der Waals surface area contributed by atoms with Gasteiger partial charge < -0.3 is 9.84 Å². The van der Waals surface area contributed by atoms with Crippen molar-refractivity contribution in [1.29, 1.82) is 0 Å². The number of hydrogen-bond acceptors (Lipinski definition) is 3. The van der Waals surface area contributed by atoms with Gasteiger partial charge in [-0.25, -0.2) is 0 Å². The van der Waals surface area contributed by atoms with E-state index in [9.17, 15) is 4.79 Å². The molecule has 4 heteroatoms. The Bertz CT molecular complexity index is 244. The summed E-state index contributed by atoms with van der Waals surface area (Å²) >= 11 is 0. The molecule has 0 radical (unpaired) electrons. The number of aliphatic carboxylic acids is 1. The highest BCUT2D eigenvalue weighted by Gasteiger charge is 2.37. The van der Waals surface area contributed by atoms with E-state index in [1.165, 1.54) is 0 Å². The molecule has 2 aliphatic rings. The first-order valence-corrected chi connectivity index (χ1v) is 5.77. The van der Waals surface area contributed by atoms with Crippen molar-refractivity contribution in [2.75, 3.05) is 19.7 Å². The fourth-order valence-electron chi connectivity index (χ4n) is 2.81. The van der Waals surface area contributed by atoms with Crippen molar-refractivity contribution in [3.05, 3.63) is 0 Å². The smallest absolute Gasteiger partial charge is 0.308 e. The first-order chi connectivity index (χ1) is 7.18. The number of rotatable bonds is 2. The molecule has 1 heterocycles. The topological polar surface area (TPSA) is 49.8 Å². The molecule has 1 aliphatic carbocycles. The van der Waals surface area contributed by atoms with Crippen molar-refractivity contribution >= 4 is 5.97 Å². The molecule has 2 rings (SSSR count). The third-order valence-corrected chi connectivity index (χ3v) is 3.54. The van der Waals surface area contributed by atoms with Gasteiger partial charge in [-0.1, -0.05) is 6.42 Å². The molecule has 2 fully saturated rings. The second kappa shape index (κ2) is 4.49. The minimum Gasteiger partial charge on any atom is -0.481 e. The van der Waals surface area contributed by atoms with E-state index in [0.717, 1.165) is 39.0 Å². The lowest BCUT2D eigenvalue weighted by atomic mass is 10.0. The minimum atomic E-state index is -0.628. The third kappa shape index (κ3) is 2.32. The van der Waals surface area contributed by atoms with Gasteiger partial charge in [-0.2, -0.15) is 0 Å². The molecule has 86 valence electrons. The Hall–Kier alpha value is -0.610. The van der Waals surface area contributed by atoms with Crippen molar-refractivity contribution < 1.29 is 14.6 Å². The number of morpholine rings is 1. The van der Waals surface area contributed by atoms with Crippen LogP contribution in [0.1, 0.15) is 26.2 Å². The summed E-state index contributed by atoms with van der Waals surface area (Å²) in [5.74, 6) is -0.785. The lowest BCUT2D eigenvalue weighted by molar-refractivity contribution is -0.144. The van der Waals surface area contributed by atoms with Crippen LogP contribution in [0.25, 0.3) is 0 Å². The maximum atomic E-state index is 11.1. The molecule has 1 saturated carbocycles. The summed E-state index contributed by atoms with van der Waals surface area (Å²) in [4.78, 5) is 13.4. The number of carboxylic acid groups (broad SMARTS) is 1. The predicted octanol–water partition coefficient (Wildman–Crippen LogP) is 0.960. The SMILES string of the molecule is CC1CN(C2CCCC2C(=O)O)CCO1. The molecule has 0 aromatic rings. The van der Waals surface area contributed by atoms with Crippen LogP contribution in [0, 0.1) is 5.92 Å². The van der Waals surface area contributed by atoms with E-state index >= 15 is 0 Å². The highest BCUT2D eigenvalue weighted by molar-refractivity contribution is 5.71. The number of ether oxygens (including phenoxy) is 1. The lowest BCUT2D eigenvalue weighted by Crippen LogP contribution is -2.49.